The van der Waals surface area contributed by atoms with Crippen molar-refractivity contribution in [3.05, 3.63) is 75.7 Å². The summed E-state index contributed by atoms with van der Waals surface area (Å²) >= 11 is 5.96. The van der Waals surface area contributed by atoms with Crippen LogP contribution < -0.4 is 10.2 Å². The molecule has 1 atom stereocenters. The fourth-order valence-corrected chi connectivity index (χ4v) is 3.81. The van der Waals surface area contributed by atoms with Gasteiger partial charge in [0.1, 0.15) is 11.6 Å². The van der Waals surface area contributed by atoms with Crippen LogP contribution in [-0.2, 0) is 6.42 Å². The van der Waals surface area contributed by atoms with E-state index in [2.05, 4.69) is 22.1 Å². The van der Waals surface area contributed by atoms with Gasteiger partial charge in [0.25, 0.3) is 0 Å². The Bertz CT molecular complexity index is 1020. The maximum absolute atomic E-state index is 13.8. The second-order valence-corrected chi connectivity index (χ2v) is 7.61. The van der Waals surface area contributed by atoms with E-state index in [1.165, 1.54) is 11.6 Å². The first-order valence-electron chi connectivity index (χ1n) is 9.35. The van der Waals surface area contributed by atoms with E-state index >= 15 is 0 Å². The summed E-state index contributed by atoms with van der Waals surface area (Å²) < 4.78 is 13.8. The van der Waals surface area contributed by atoms with Crippen LogP contribution in [-0.4, -0.2) is 16.5 Å². The van der Waals surface area contributed by atoms with Gasteiger partial charge in [-0.3, -0.25) is 0 Å². The molecule has 29 heavy (non-hydrogen) atoms. The number of nitrogens with zero attached hydrogens (tertiary/aromatic N) is 3. The van der Waals surface area contributed by atoms with Crippen LogP contribution in [0.3, 0.4) is 0 Å². The molecule has 1 aliphatic rings. The van der Waals surface area contributed by atoms with E-state index in [1.54, 1.807) is 6.07 Å². The van der Waals surface area contributed by atoms with Crippen LogP contribution in [0.1, 0.15) is 35.3 Å². The summed E-state index contributed by atoms with van der Waals surface area (Å²) in [7, 11) is 0. The van der Waals surface area contributed by atoms with E-state index in [0.29, 0.717) is 11.0 Å². The largest absolute Gasteiger partial charge is 0.349 e. The maximum atomic E-state index is 13.8. The van der Waals surface area contributed by atoms with Crippen molar-refractivity contribution < 1.29 is 4.39 Å². The summed E-state index contributed by atoms with van der Waals surface area (Å²) in [5, 5.41) is 3.94. The van der Waals surface area contributed by atoms with E-state index in [1.807, 2.05) is 44.2 Å². The van der Waals surface area contributed by atoms with Gasteiger partial charge < -0.3 is 10.2 Å². The number of fused-ring (bicyclic) bond motifs is 1. The van der Waals surface area contributed by atoms with Gasteiger partial charge in [0.05, 0.1) is 6.04 Å². The second kappa shape index (κ2) is 8.56. The molecule has 152 valence electrons. The molecule has 7 heteroatoms. The molecule has 2 heterocycles. The Kier molecular flexibility index (Phi) is 6.30. The molecule has 0 radical (unpaired) electrons. The zero-order valence-electron chi connectivity index (χ0n) is 16.5. The topological polar surface area (TPSA) is 41.1 Å². The van der Waals surface area contributed by atoms with Crippen LogP contribution in [0, 0.1) is 19.7 Å². The Morgan fingerprint density at radius 3 is 2.55 bits per heavy atom. The first kappa shape index (κ1) is 21.3. The molecule has 1 aliphatic heterocycles. The fourth-order valence-electron chi connectivity index (χ4n) is 3.69. The van der Waals surface area contributed by atoms with Gasteiger partial charge in [0, 0.05) is 28.5 Å². The Morgan fingerprint density at radius 1 is 1.10 bits per heavy atom. The highest BCUT2D eigenvalue weighted by atomic mass is 35.5. The lowest BCUT2D eigenvalue weighted by Gasteiger charge is -2.37. The predicted molar refractivity (Wildman–Crippen MR) is 119 cm³/mol. The van der Waals surface area contributed by atoms with Crippen LogP contribution in [0.5, 0.6) is 0 Å². The molecule has 4 nitrogen and oxygen atoms in total. The number of halogens is 3. The predicted octanol–water partition coefficient (Wildman–Crippen LogP) is 6.18. The van der Waals surface area contributed by atoms with E-state index in [0.717, 1.165) is 41.3 Å². The molecule has 0 bridgehead atoms. The van der Waals surface area contributed by atoms with E-state index in [4.69, 9.17) is 16.6 Å². The molecule has 0 aliphatic carbocycles. The molecule has 0 saturated heterocycles. The number of rotatable bonds is 3. The Balaban J connectivity index is 0.00000240. The lowest BCUT2D eigenvalue weighted by Crippen LogP contribution is -2.35. The lowest BCUT2D eigenvalue weighted by molar-refractivity contribution is 0.589. The van der Waals surface area contributed by atoms with Crippen molar-refractivity contribution in [2.75, 3.05) is 16.8 Å². The number of aromatic nitrogens is 2. The molecule has 0 fully saturated rings. The maximum Gasteiger partial charge on any atom is 0.229 e. The monoisotopic (exact) mass is 432 g/mol. The Morgan fingerprint density at radius 2 is 1.83 bits per heavy atom. The smallest absolute Gasteiger partial charge is 0.229 e. The van der Waals surface area contributed by atoms with Gasteiger partial charge in [-0.15, -0.1) is 12.4 Å². The van der Waals surface area contributed by atoms with Gasteiger partial charge in [-0.2, -0.15) is 4.98 Å². The van der Waals surface area contributed by atoms with Crippen molar-refractivity contribution in [1.29, 1.82) is 0 Å². The number of nitrogens with one attached hydrogen (secondary N) is 1. The van der Waals surface area contributed by atoms with Crippen LogP contribution in [0.2, 0.25) is 5.02 Å². The molecule has 1 N–H and O–H groups in total. The number of benzene rings is 2. The molecule has 0 spiro atoms. The average molecular weight is 433 g/mol. The molecular formula is C22H23Cl2FN4. The summed E-state index contributed by atoms with van der Waals surface area (Å²) in [4.78, 5) is 11.6. The average Bonchev–Trinajstić information content (AvgIpc) is 2.67. The van der Waals surface area contributed by atoms with Crippen molar-refractivity contribution in [3.8, 4) is 0 Å². The standard InChI is InChI=1S/C22H22ClFN4.ClH/c1-13-14(2)25-22(26-19-8-5-17(23)6-9-19)27-21(13)28-11-10-16-4-7-18(24)12-20(16)15(28)3;/h4-9,12,15H,10-11H2,1-3H3,(H,25,26,27);1H. The van der Waals surface area contributed by atoms with Gasteiger partial charge >= 0.3 is 0 Å². The lowest BCUT2D eigenvalue weighted by atomic mass is 9.93. The molecule has 4 rings (SSSR count). The fraction of sp³-hybridized carbons (Fsp3) is 0.273. The third-order valence-corrected chi connectivity index (χ3v) is 5.64. The minimum atomic E-state index is -0.201. The first-order valence-corrected chi connectivity index (χ1v) is 9.73. The molecule has 0 saturated carbocycles. The summed E-state index contributed by atoms with van der Waals surface area (Å²) in [6.45, 7) is 6.94. The van der Waals surface area contributed by atoms with E-state index in [9.17, 15) is 4.39 Å². The normalized spacial score (nSPS) is 15.5. The van der Waals surface area contributed by atoms with Gasteiger partial charge in [-0.1, -0.05) is 17.7 Å². The zero-order chi connectivity index (χ0) is 19.8. The van der Waals surface area contributed by atoms with Crippen LogP contribution >= 0.6 is 24.0 Å². The van der Waals surface area contributed by atoms with Crippen LogP contribution in [0.25, 0.3) is 0 Å². The van der Waals surface area contributed by atoms with Crippen molar-refractivity contribution in [2.45, 2.75) is 33.2 Å². The Hall–Kier alpha value is -2.37. The van der Waals surface area contributed by atoms with Crippen LogP contribution in [0.15, 0.2) is 42.5 Å². The Labute approximate surface area is 181 Å². The van der Waals surface area contributed by atoms with Crippen LogP contribution in [0.4, 0.5) is 21.8 Å². The number of aryl methyl sites for hydroxylation is 1. The molecule has 1 aromatic heterocycles. The highest BCUT2D eigenvalue weighted by molar-refractivity contribution is 6.30. The van der Waals surface area contributed by atoms with Gasteiger partial charge in [-0.25, -0.2) is 9.37 Å². The first-order chi connectivity index (χ1) is 13.4. The van der Waals surface area contributed by atoms with Gasteiger partial charge in [-0.05, 0) is 74.7 Å². The minimum absolute atomic E-state index is 0. The van der Waals surface area contributed by atoms with Crippen molar-refractivity contribution in [2.24, 2.45) is 0 Å². The molecule has 2 aromatic carbocycles. The molecular weight excluding hydrogens is 410 g/mol. The number of hydrogen-bond donors (Lipinski definition) is 1. The minimum Gasteiger partial charge on any atom is -0.349 e. The highest BCUT2D eigenvalue weighted by Crippen LogP contribution is 2.35. The summed E-state index contributed by atoms with van der Waals surface area (Å²) in [5.74, 6) is 1.22. The summed E-state index contributed by atoms with van der Waals surface area (Å²) in [6.07, 6.45) is 0.863. The third-order valence-electron chi connectivity index (χ3n) is 5.38. The molecule has 1 unspecified atom stereocenters. The number of anilines is 3. The van der Waals surface area contributed by atoms with Crippen molar-refractivity contribution in [1.82, 2.24) is 9.97 Å². The SMILES string of the molecule is Cc1nc(Nc2ccc(Cl)cc2)nc(N2CCc3ccc(F)cc3C2C)c1C.Cl. The van der Waals surface area contributed by atoms with Crippen molar-refractivity contribution >= 4 is 41.5 Å². The third kappa shape index (κ3) is 4.31. The molecule has 3 aromatic rings. The van der Waals surface area contributed by atoms with E-state index in [-0.39, 0.29) is 24.3 Å². The summed E-state index contributed by atoms with van der Waals surface area (Å²) in [5.41, 5.74) is 5.05. The highest BCUT2D eigenvalue weighted by Gasteiger charge is 2.27. The van der Waals surface area contributed by atoms with Crippen molar-refractivity contribution in [3.63, 3.8) is 0 Å². The second-order valence-electron chi connectivity index (χ2n) is 7.18. The number of hydrogen-bond acceptors (Lipinski definition) is 4. The zero-order valence-corrected chi connectivity index (χ0v) is 18.1. The van der Waals surface area contributed by atoms with Gasteiger partial charge in [0.2, 0.25) is 5.95 Å². The van der Waals surface area contributed by atoms with Gasteiger partial charge in [0.15, 0.2) is 0 Å². The summed E-state index contributed by atoms with van der Waals surface area (Å²) in [6, 6.07) is 12.5. The van der Waals surface area contributed by atoms with E-state index < -0.39 is 0 Å². The molecule has 0 amide bonds. The quantitative estimate of drug-likeness (QED) is 0.536.